The van der Waals surface area contributed by atoms with E-state index in [0.717, 1.165) is 22.0 Å². The van der Waals surface area contributed by atoms with E-state index in [1.807, 2.05) is 36.5 Å². The van der Waals surface area contributed by atoms with Crippen LogP contribution in [0.5, 0.6) is 0 Å². The number of carbonyl (C=O) groups excluding carboxylic acids is 2. The average molecular weight is 443 g/mol. The second-order valence-electron chi connectivity index (χ2n) is 7.18. The number of aromatic nitrogens is 1. The predicted molar refractivity (Wildman–Crippen MR) is 119 cm³/mol. The number of fused-ring (bicyclic) bond motifs is 1. The quantitative estimate of drug-likeness (QED) is 0.616. The minimum atomic E-state index is -0.288. The van der Waals surface area contributed by atoms with Crippen LogP contribution < -0.4 is 5.32 Å². The van der Waals surface area contributed by atoms with Gasteiger partial charge in [-0.05, 0) is 29.3 Å². The van der Waals surface area contributed by atoms with Gasteiger partial charge >= 0.3 is 0 Å². The van der Waals surface area contributed by atoms with Crippen LogP contribution >= 0.6 is 23.2 Å². The average Bonchev–Trinajstić information content (AvgIpc) is 3.15. The molecular formula is C22H20Cl2N4O2. The maximum Gasteiger partial charge on any atom is 0.267 e. The molecule has 0 fully saturated rings. The summed E-state index contributed by atoms with van der Waals surface area (Å²) < 4.78 is 0. The van der Waals surface area contributed by atoms with Crippen LogP contribution in [0.1, 0.15) is 29.9 Å². The van der Waals surface area contributed by atoms with Gasteiger partial charge in [0.25, 0.3) is 5.91 Å². The molecule has 30 heavy (non-hydrogen) atoms. The highest BCUT2D eigenvalue weighted by Crippen LogP contribution is 2.35. The summed E-state index contributed by atoms with van der Waals surface area (Å²) in [6.07, 6.45) is 2.54. The first-order valence-electron chi connectivity index (χ1n) is 9.57. The van der Waals surface area contributed by atoms with E-state index in [2.05, 4.69) is 15.4 Å². The number of H-pyrrole nitrogens is 1. The summed E-state index contributed by atoms with van der Waals surface area (Å²) in [5.41, 5.74) is 3.24. The number of amides is 2. The Balaban J connectivity index is 1.65. The SMILES string of the molecule is CN1N=C(C(=O)NCC(c2ccc(Cl)cc2Cl)c2c[nH]c3ccccc23)CCC1=O. The summed E-state index contributed by atoms with van der Waals surface area (Å²) in [5.74, 6) is -0.584. The molecule has 2 amide bonds. The highest BCUT2D eigenvalue weighted by atomic mass is 35.5. The van der Waals surface area contributed by atoms with Gasteiger partial charge in [-0.1, -0.05) is 47.5 Å². The molecule has 3 aromatic rings. The molecule has 1 aliphatic rings. The van der Waals surface area contributed by atoms with Gasteiger partial charge < -0.3 is 10.3 Å². The fourth-order valence-electron chi connectivity index (χ4n) is 3.68. The Kier molecular flexibility index (Phi) is 5.79. The normalized spacial score (nSPS) is 15.2. The summed E-state index contributed by atoms with van der Waals surface area (Å²) in [4.78, 5) is 27.6. The van der Waals surface area contributed by atoms with Crippen molar-refractivity contribution < 1.29 is 9.59 Å². The van der Waals surface area contributed by atoms with Gasteiger partial charge in [0.05, 0.1) is 0 Å². The second kappa shape index (κ2) is 8.50. The third kappa shape index (κ3) is 4.06. The lowest BCUT2D eigenvalue weighted by molar-refractivity contribution is -0.130. The Bertz CT molecular complexity index is 1150. The van der Waals surface area contributed by atoms with E-state index in [1.54, 1.807) is 19.2 Å². The molecule has 0 saturated carbocycles. The van der Waals surface area contributed by atoms with E-state index in [0.29, 0.717) is 28.7 Å². The standard InChI is InChI=1S/C22H20Cl2N4O2/c1-28-21(29)9-8-20(27-28)22(30)26-12-16(14-7-6-13(23)10-18(14)24)17-11-25-19-5-3-2-4-15(17)19/h2-7,10-11,16,25H,8-9,12H2,1H3,(H,26,30). The van der Waals surface area contributed by atoms with Crippen LogP contribution in [0.3, 0.4) is 0 Å². The molecule has 4 rings (SSSR count). The van der Waals surface area contributed by atoms with E-state index < -0.39 is 0 Å². The Morgan fingerprint density at radius 1 is 1.20 bits per heavy atom. The number of benzene rings is 2. The van der Waals surface area contributed by atoms with Gasteiger partial charge in [-0.2, -0.15) is 5.10 Å². The molecular weight excluding hydrogens is 423 g/mol. The molecule has 0 bridgehead atoms. The van der Waals surface area contributed by atoms with Crippen LogP contribution in [0, 0.1) is 0 Å². The maximum absolute atomic E-state index is 12.7. The van der Waals surface area contributed by atoms with Gasteiger partial charge in [0, 0.05) is 59.5 Å². The van der Waals surface area contributed by atoms with Crippen molar-refractivity contribution in [1.82, 2.24) is 15.3 Å². The van der Waals surface area contributed by atoms with Gasteiger partial charge in [0.1, 0.15) is 5.71 Å². The zero-order valence-corrected chi connectivity index (χ0v) is 17.8. The molecule has 8 heteroatoms. The number of nitrogens with one attached hydrogen (secondary N) is 2. The smallest absolute Gasteiger partial charge is 0.267 e. The third-order valence-corrected chi connectivity index (χ3v) is 5.83. The van der Waals surface area contributed by atoms with Crippen LogP contribution in [-0.4, -0.2) is 41.1 Å². The molecule has 6 nitrogen and oxygen atoms in total. The van der Waals surface area contributed by atoms with Crippen LogP contribution in [0.2, 0.25) is 10.0 Å². The largest absolute Gasteiger partial charge is 0.361 e. The molecule has 0 radical (unpaired) electrons. The Hall–Kier alpha value is -2.83. The fraction of sp³-hybridized carbons (Fsp3) is 0.227. The van der Waals surface area contributed by atoms with Gasteiger partial charge in [-0.3, -0.25) is 9.59 Å². The van der Waals surface area contributed by atoms with E-state index in [-0.39, 0.29) is 24.2 Å². The van der Waals surface area contributed by atoms with Crippen molar-refractivity contribution in [3.05, 3.63) is 69.8 Å². The summed E-state index contributed by atoms with van der Waals surface area (Å²) in [6.45, 7) is 0.318. The fourth-order valence-corrected chi connectivity index (χ4v) is 4.22. The lowest BCUT2D eigenvalue weighted by Gasteiger charge is -2.22. The highest BCUT2D eigenvalue weighted by molar-refractivity contribution is 6.39. The van der Waals surface area contributed by atoms with Gasteiger partial charge in [0.2, 0.25) is 5.91 Å². The van der Waals surface area contributed by atoms with Gasteiger partial charge in [-0.25, -0.2) is 5.01 Å². The summed E-state index contributed by atoms with van der Waals surface area (Å²) in [6, 6.07) is 13.4. The zero-order chi connectivity index (χ0) is 21.3. The van der Waals surface area contributed by atoms with Crippen molar-refractivity contribution in [3.63, 3.8) is 0 Å². The van der Waals surface area contributed by atoms with Crippen molar-refractivity contribution in [1.29, 1.82) is 0 Å². The van der Waals surface area contributed by atoms with Crippen LogP contribution in [0.25, 0.3) is 10.9 Å². The molecule has 2 N–H and O–H groups in total. The van der Waals surface area contributed by atoms with Gasteiger partial charge in [-0.15, -0.1) is 0 Å². The maximum atomic E-state index is 12.7. The van der Waals surface area contributed by atoms with Crippen LogP contribution in [0.4, 0.5) is 0 Å². The zero-order valence-electron chi connectivity index (χ0n) is 16.3. The highest BCUT2D eigenvalue weighted by Gasteiger charge is 2.25. The monoisotopic (exact) mass is 442 g/mol. The first-order chi connectivity index (χ1) is 14.4. The van der Waals surface area contributed by atoms with E-state index in [9.17, 15) is 9.59 Å². The number of para-hydroxylation sites is 1. The number of hydrogen-bond donors (Lipinski definition) is 2. The summed E-state index contributed by atoms with van der Waals surface area (Å²) >= 11 is 12.6. The minimum Gasteiger partial charge on any atom is -0.361 e. The first-order valence-corrected chi connectivity index (χ1v) is 10.3. The van der Waals surface area contributed by atoms with E-state index in [1.165, 1.54) is 5.01 Å². The minimum absolute atomic E-state index is 0.101. The molecule has 0 saturated heterocycles. The molecule has 1 unspecified atom stereocenters. The molecule has 2 aromatic carbocycles. The molecule has 154 valence electrons. The molecule has 1 aromatic heterocycles. The predicted octanol–water partition coefficient (Wildman–Crippen LogP) is 4.33. The number of aromatic amines is 1. The number of rotatable bonds is 5. The van der Waals surface area contributed by atoms with Crippen molar-refractivity contribution in [2.45, 2.75) is 18.8 Å². The molecule has 0 spiro atoms. The summed E-state index contributed by atoms with van der Waals surface area (Å²) in [5, 5.41) is 10.4. The Morgan fingerprint density at radius 2 is 2.00 bits per heavy atom. The number of hydrazone groups is 1. The van der Waals surface area contributed by atoms with E-state index in [4.69, 9.17) is 23.2 Å². The second-order valence-corrected chi connectivity index (χ2v) is 8.03. The molecule has 1 atom stereocenters. The van der Waals surface area contributed by atoms with Crippen molar-refractivity contribution in [2.24, 2.45) is 5.10 Å². The number of carbonyl (C=O) groups is 2. The lowest BCUT2D eigenvalue weighted by atomic mass is 9.90. The molecule has 2 heterocycles. The third-order valence-electron chi connectivity index (χ3n) is 5.27. The number of hydrogen-bond acceptors (Lipinski definition) is 3. The Morgan fingerprint density at radius 3 is 2.77 bits per heavy atom. The van der Waals surface area contributed by atoms with Crippen LogP contribution in [0.15, 0.2) is 53.8 Å². The Labute approximate surface area is 183 Å². The van der Waals surface area contributed by atoms with Crippen molar-refractivity contribution >= 4 is 51.6 Å². The van der Waals surface area contributed by atoms with Gasteiger partial charge in [0.15, 0.2) is 0 Å². The number of nitrogens with zero attached hydrogens (tertiary/aromatic N) is 2. The topological polar surface area (TPSA) is 77.6 Å². The summed E-state index contributed by atoms with van der Waals surface area (Å²) in [7, 11) is 1.55. The number of halogens is 2. The van der Waals surface area contributed by atoms with Crippen LogP contribution in [-0.2, 0) is 9.59 Å². The lowest BCUT2D eigenvalue weighted by Crippen LogP contribution is -2.39. The molecule has 1 aliphatic heterocycles. The molecule has 0 aliphatic carbocycles. The first kappa shape index (κ1) is 20.4. The van der Waals surface area contributed by atoms with Crippen molar-refractivity contribution in [3.8, 4) is 0 Å². The van der Waals surface area contributed by atoms with E-state index >= 15 is 0 Å². The van der Waals surface area contributed by atoms with Crippen molar-refractivity contribution in [2.75, 3.05) is 13.6 Å².